The van der Waals surface area contributed by atoms with E-state index in [1.807, 2.05) is 0 Å². The molecule has 0 amide bonds. The lowest BCUT2D eigenvalue weighted by Gasteiger charge is -2.01. The lowest BCUT2D eigenvalue weighted by Crippen LogP contribution is -1.83. The Labute approximate surface area is 89.1 Å². The SMILES string of the molecule is Nc1cc(-c2cc(Cl)c(F)cc2O)no1. The van der Waals surface area contributed by atoms with E-state index in [1.165, 1.54) is 12.1 Å². The lowest BCUT2D eigenvalue weighted by molar-refractivity contribution is 0.437. The quantitative estimate of drug-likeness (QED) is 0.786. The summed E-state index contributed by atoms with van der Waals surface area (Å²) in [4.78, 5) is 0. The van der Waals surface area contributed by atoms with Gasteiger partial charge in [-0.15, -0.1) is 0 Å². The molecule has 0 saturated heterocycles. The Morgan fingerprint density at radius 1 is 1.40 bits per heavy atom. The van der Waals surface area contributed by atoms with Gasteiger partial charge < -0.3 is 15.4 Å². The van der Waals surface area contributed by atoms with Crippen LogP contribution in [0, 0.1) is 5.82 Å². The second kappa shape index (κ2) is 3.43. The minimum Gasteiger partial charge on any atom is -0.507 e. The number of phenolic OH excluding ortho intramolecular Hbond substituents is 1. The van der Waals surface area contributed by atoms with E-state index >= 15 is 0 Å². The minimum atomic E-state index is -0.700. The van der Waals surface area contributed by atoms with Crippen molar-refractivity contribution in [3.8, 4) is 17.0 Å². The van der Waals surface area contributed by atoms with Crippen LogP contribution in [0.5, 0.6) is 5.75 Å². The predicted octanol–water partition coefficient (Wildman–Crippen LogP) is 2.42. The molecule has 0 aliphatic heterocycles. The zero-order valence-electron chi connectivity index (χ0n) is 7.37. The van der Waals surface area contributed by atoms with Crippen LogP contribution in [0.1, 0.15) is 0 Å². The molecule has 0 unspecified atom stereocenters. The fourth-order valence-corrected chi connectivity index (χ4v) is 1.32. The van der Waals surface area contributed by atoms with Crippen LogP contribution in [0.2, 0.25) is 5.02 Å². The number of nitrogen functional groups attached to an aromatic ring is 1. The smallest absolute Gasteiger partial charge is 0.222 e. The van der Waals surface area contributed by atoms with Crippen molar-refractivity contribution < 1.29 is 14.0 Å². The Balaban J connectivity index is 2.58. The molecule has 0 aliphatic rings. The molecule has 3 N–H and O–H groups in total. The van der Waals surface area contributed by atoms with Gasteiger partial charge in [-0.25, -0.2) is 4.39 Å². The number of benzene rings is 1. The van der Waals surface area contributed by atoms with Crippen LogP contribution in [-0.2, 0) is 0 Å². The van der Waals surface area contributed by atoms with Gasteiger partial charge in [0.05, 0.1) is 5.02 Å². The third-order valence-corrected chi connectivity index (χ3v) is 2.13. The van der Waals surface area contributed by atoms with E-state index in [2.05, 4.69) is 9.68 Å². The highest BCUT2D eigenvalue weighted by atomic mass is 35.5. The molecular weight excluding hydrogens is 223 g/mol. The maximum Gasteiger partial charge on any atom is 0.222 e. The molecule has 0 saturated carbocycles. The van der Waals surface area contributed by atoms with Gasteiger partial charge in [-0.05, 0) is 6.07 Å². The summed E-state index contributed by atoms with van der Waals surface area (Å²) in [5.41, 5.74) is 5.88. The summed E-state index contributed by atoms with van der Waals surface area (Å²) < 4.78 is 17.5. The number of phenols is 1. The molecule has 0 spiro atoms. The molecule has 0 aliphatic carbocycles. The Morgan fingerprint density at radius 3 is 2.73 bits per heavy atom. The normalized spacial score (nSPS) is 10.5. The summed E-state index contributed by atoms with van der Waals surface area (Å²) >= 11 is 5.57. The first-order valence-corrected chi connectivity index (χ1v) is 4.36. The van der Waals surface area contributed by atoms with Crippen LogP contribution in [0.3, 0.4) is 0 Å². The molecule has 0 atom stereocenters. The number of nitrogens with two attached hydrogens (primary N) is 1. The van der Waals surface area contributed by atoms with Crippen molar-refractivity contribution in [3.05, 3.63) is 29.0 Å². The summed E-state index contributed by atoms with van der Waals surface area (Å²) in [5.74, 6) is -0.871. The first-order valence-electron chi connectivity index (χ1n) is 3.98. The third-order valence-electron chi connectivity index (χ3n) is 1.84. The molecular formula is C9H6ClFN2O2. The maximum absolute atomic E-state index is 12.9. The highest BCUT2D eigenvalue weighted by molar-refractivity contribution is 6.31. The molecule has 0 radical (unpaired) electrons. The van der Waals surface area contributed by atoms with Gasteiger partial charge in [-0.2, -0.15) is 0 Å². The second-order valence-corrected chi connectivity index (χ2v) is 3.31. The van der Waals surface area contributed by atoms with Crippen molar-refractivity contribution >= 4 is 17.5 Å². The molecule has 0 bridgehead atoms. The standard InChI is InChI=1S/C9H6ClFN2O2/c10-5-1-4(8(14)2-6(5)11)7-3-9(12)15-13-7/h1-3,14H,12H2. The van der Waals surface area contributed by atoms with Crippen molar-refractivity contribution in [2.45, 2.75) is 0 Å². The van der Waals surface area contributed by atoms with Gasteiger partial charge in [0.15, 0.2) is 0 Å². The molecule has 15 heavy (non-hydrogen) atoms. The Morgan fingerprint density at radius 2 is 2.13 bits per heavy atom. The predicted molar refractivity (Wildman–Crippen MR) is 53.0 cm³/mol. The number of aromatic hydroxyl groups is 1. The first-order chi connectivity index (χ1) is 7.08. The van der Waals surface area contributed by atoms with Gasteiger partial charge in [0, 0.05) is 17.7 Å². The van der Waals surface area contributed by atoms with E-state index in [0.29, 0.717) is 5.69 Å². The van der Waals surface area contributed by atoms with Gasteiger partial charge in [0.25, 0.3) is 0 Å². The number of hydrogen-bond donors (Lipinski definition) is 2. The summed E-state index contributed by atoms with van der Waals surface area (Å²) in [7, 11) is 0. The van der Waals surface area contributed by atoms with E-state index < -0.39 is 5.82 Å². The van der Waals surface area contributed by atoms with Crippen LogP contribution in [-0.4, -0.2) is 10.3 Å². The number of anilines is 1. The number of aromatic nitrogens is 1. The van der Waals surface area contributed by atoms with E-state index in [-0.39, 0.29) is 22.2 Å². The van der Waals surface area contributed by atoms with Crippen molar-refractivity contribution in [2.24, 2.45) is 0 Å². The number of halogens is 2. The fraction of sp³-hybridized carbons (Fsp3) is 0. The largest absolute Gasteiger partial charge is 0.507 e. The maximum atomic E-state index is 12.9. The second-order valence-electron chi connectivity index (χ2n) is 2.90. The molecule has 1 aromatic carbocycles. The molecule has 6 heteroatoms. The zero-order valence-corrected chi connectivity index (χ0v) is 8.12. The van der Waals surface area contributed by atoms with Gasteiger partial charge >= 0.3 is 0 Å². The molecule has 2 rings (SSSR count). The van der Waals surface area contributed by atoms with Crippen molar-refractivity contribution in [3.63, 3.8) is 0 Å². The van der Waals surface area contributed by atoms with E-state index in [9.17, 15) is 9.50 Å². The average Bonchev–Trinajstić information content (AvgIpc) is 2.58. The monoisotopic (exact) mass is 228 g/mol. The highest BCUT2D eigenvalue weighted by Crippen LogP contribution is 2.33. The highest BCUT2D eigenvalue weighted by Gasteiger charge is 2.12. The van der Waals surface area contributed by atoms with Crippen molar-refractivity contribution in [2.75, 3.05) is 5.73 Å². The Bertz CT molecular complexity index is 513. The summed E-state index contributed by atoms with van der Waals surface area (Å²) in [6.07, 6.45) is 0. The van der Waals surface area contributed by atoms with Crippen LogP contribution in [0.15, 0.2) is 22.7 Å². The third kappa shape index (κ3) is 1.73. The van der Waals surface area contributed by atoms with Crippen LogP contribution in [0.25, 0.3) is 11.3 Å². The van der Waals surface area contributed by atoms with Gasteiger partial charge in [-0.3, -0.25) is 0 Å². The molecule has 78 valence electrons. The summed E-state index contributed by atoms with van der Waals surface area (Å²) in [6.45, 7) is 0. The number of hydrogen-bond acceptors (Lipinski definition) is 4. The van der Waals surface area contributed by atoms with Crippen LogP contribution in [0.4, 0.5) is 10.3 Å². The van der Waals surface area contributed by atoms with Crippen molar-refractivity contribution in [1.29, 1.82) is 0 Å². The zero-order chi connectivity index (χ0) is 11.0. The average molecular weight is 229 g/mol. The molecule has 2 aromatic rings. The van der Waals surface area contributed by atoms with E-state index in [4.69, 9.17) is 17.3 Å². The van der Waals surface area contributed by atoms with Crippen LogP contribution < -0.4 is 5.73 Å². The fourth-order valence-electron chi connectivity index (χ4n) is 1.16. The molecule has 4 nitrogen and oxygen atoms in total. The molecule has 1 heterocycles. The number of rotatable bonds is 1. The Kier molecular flexibility index (Phi) is 2.24. The number of nitrogens with zero attached hydrogens (tertiary/aromatic N) is 1. The van der Waals surface area contributed by atoms with Gasteiger partial charge in [-0.1, -0.05) is 16.8 Å². The van der Waals surface area contributed by atoms with Gasteiger partial charge in [0.2, 0.25) is 5.88 Å². The van der Waals surface area contributed by atoms with Crippen molar-refractivity contribution in [1.82, 2.24) is 5.16 Å². The topological polar surface area (TPSA) is 72.3 Å². The first kappa shape index (κ1) is 9.79. The Hall–Kier alpha value is -1.75. The molecule has 1 aromatic heterocycles. The molecule has 0 fully saturated rings. The van der Waals surface area contributed by atoms with Crippen LogP contribution >= 0.6 is 11.6 Å². The summed E-state index contributed by atoms with van der Waals surface area (Å²) in [6, 6.07) is 3.56. The lowest BCUT2D eigenvalue weighted by atomic mass is 10.1. The van der Waals surface area contributed by atoms with E-state index in [0.717, 1.165) is 6.07 Å². The van der Waals surface area contributed by atoms with Gasteiger partial charge in [0.1, 0.15) is 17.3 Å². The summed E-state index contributed by atoms with van der Waals surface area (Å²) in [5, 5.41) is 12.9. The van der Waals surface area contributed by atoms with E-state index in [1.54, 1.807) is 0 Å². The minimum absolute atomic E-state index is 0.102.